The first-order valence-electron chi connectivity index (χ1n) is 8.45. The number of hydrogen-bond acceptors (Lipinski definition) is 3. The molecule has 0 spiro atoms. The zero-order valence-electron chi connectivity index (χ0n) is 14.2. The number of benzene rings is 1. The van der Waals surface area contributed by atoms with Gasteiger partial charge in [0, 0.05) is 36.8 Å². The van der Waals surface area contributed by atoms with Crippen LogP contribution in [0.1, 0.15) is 42.2 Å². The zero-order chi connectivity index (χ0) is 17.3. The van der Waals surface area contributed by atoms with Crippen LogP contribution in [0, 0.1) is 18.2 Å². The summed E-state index contributed by atoms with van der Waals surface area (Å²) in [5, 5.41) is 10.3. The Morgan fingerprint density at radius 1 is 1.33 bits per heavy atom. The maximum Gasteiger partial charge on any atom is 0.254 e. The smallest absolute Gasteiger partial charge is 0.254 e. The summed E-state index contributed by atoms with van der Waals surface area (Å²) >= 11 is 0. The molecule has 128 valence electrons. The van der Waals surface area contributed by atoms with Crippen molar-refractivity contribution < 1.29 is 14.3 Å². The summed E-state index contributed by atoms with van der Waals surface area (Å²) in [6.45, 7) is 5.34. The SMILES string of the molecule is CCC1(CO)CCN(C(=O)c2cc(C)nc3cc(F)ccc23)CC1. The number of piperidine rings is 1. The molecule has 0 radical (unpaired) electrons. The molecule has 2 aromatic rings. The Hall–Kier alpha value is -2.01. The van der Waals surface area contributed by atoms with Gasteiger partial charge < -0.3 is 10.0 Å². The maximum atomic E-state index is 13.5. The summed E-state index contributed by atoms with van der Waals surface area (Å²) < 4.78 is 13.5. The molecule has 0 saturated carbocycles. The average molecular weight is 330 g/mol. The van der Waals surface area contributed by atoms with E-state index in [4.69, 9.17) is 0 Å². The number of aryl methyl sites for hydroxylation is 1. The first-order chi connectivity index (χ1) is 11.5. The average Bonchev–Trinajstić information content (AvgIpc) is 2.60. The molecule has 1 aliphatic rings. The van der Waals surface area contributed by atoms with E-state index < -0.39 is 0 Å². The number of aliphatic hydroxyl groups is 1. The highest BCUT2D eigenvalue weighted by Gasteiger charge is 2.34. The predicted molar refractivity (Wildman–Crippen MR) is 91.4 cm³/mol. The minimum Gasteiger partial charge on any atom is -0.396 e. The molecule has 0 aliphatic carbocycles. The van der Waals surface area contributed by atoms with Crippen molar-refractivity contribution in [2.45, 2.75) is 33.1 Å². The van der Waals surface area contributed by atoms with Crippen molar-refractivity contribution in [2.24, 2.45) is 5.41 Å². The van der Waals surface area contributed by atoms with Gasteiger partial charge in [0.05, 0.1) is 11.1 Å². The highest BCUT2D eigenvalue weighted by molar-refractivity contribution is 6.06. The summed E-state index contributed by atoms with van der Waals surface area (Å²) in [7, 11) is 0. The summed E-state index contributed by atoms with van der Waals surface area (Å²) in [5.74, 6) is -0.396. The van der Waals surface area contributed by atoms with Gasteiger partial charge in [-0.1, -0.05) is 6.92 Å². The van der Waals surface area contributed by atoms with Gasteiger partial charge >= 0.3 is 0 Å². The fourth-order valence-corrected chi connectivity index (χ4v) is 3.49. The number of nitrogens with zero attached hydrogens (tertiary/aromatic N) is 2. The molecule has 1 aromatic carbocycles. The van der Waals surface area contributed by atoms with Crippen molar-refractivity contribution in [3.63, 3.8) is 0 Å². The van der Waals surface area contributed by atoms with Gasteiger partial charge in [0.1, 0.15) is 5.82 Å². The molecule has 1 N–H and O–H groups in total. The summed E-state index contributed by atoms with van der Waals surface area (Å²) in [6.07, 6.45) is 2.53. The number of aliphatic hydroxyl groups excluding tert-OH is 1. The molecule has 0 unspecified atom stereocenters. The second kappa shape index (κ2) is 6.48. The lowest BCUT2D eigenvalue weighted by Gasteiger charge is -2.40. The molecule has 1 aromatic heterocycles. The summed E-state index contributed by atoms with van der Waals surface area (Å²) in [5.41, 5.74) is 1.72. The van der Waals surface area contributed by atoms with Crippen molar-refractivity contribution in [3.8, 4) is 0 Å². The molecule has 5 heteroatoms. The van der Waals surface area contributed by atoms with E-state index in [2.05, 4.69) is 11.9 Å². The predicted octanol–water partition coefficient (Wildman–Crippen LogP) is 3.31. The van der Waals surface area contributed by atoms with Crippen LogP contribution in [0.25, 0.3) is 10.9 Å². The van der Waals surface area contributed by atoms with E-state index in [-0.39, 0.29) is 23.7 Å². The molecule has 1 saturated heterocycles. The molecule has 4 nitrogen and oxygen atoms in total. The number of likely N-dealkylation sites (tertiary alicyclic amines) is 1. The van der Waals surface area contributed by atoms with Crippen LogP contribution in [-0.2, 0) is 0 Å². The normalized spacial score (nSPS) is 17.2. The van der Waals surface area contributed by atoms with Crippen LogP contribution in [0.3, 0.4) is 0 Å². The molecular formula is C19H23FN2O2. The third-order valence-electron chi connectivity index (χ3n) is 5.33. The standard InChI is InChI=1S/C19H23FN2O2/c1-3-19(12-23)6-8-22(9-7-19)18(24)16-10-13(2)21-17-11-14(20)4-5-15(16)17/h4-5,10-11,23H,3,6-9,12H2,1-2H3. The van der Waals surface area contributed by atoms with Crippen molar-refractivity contribution in [1.82, 2.24) is 9.88 Å². The quantitative estimate of drug-likeness (QED) is 0.939. The minimum atomic E-state index is -0.354. The third-order valence-corrected chi connectivity index (χ3v) is 5.33. The molecule has 0 atom stereocenters. The Labute approximate surface area is 141 Å². The lowest BCUT2D eigenvalue weighted by molar-refractivity contribution is 0.0339. The number of rotatable bonds is 3. The number of halogens is 1. The zero-order valence-corrected chi connectivity index (χ0v) is 14.2. The fraction of sp³-hybridized carbons (Fsp3) is 0.474. The molecule has 1 fully saturated rings. The number of pyridine rings is 1. The van der Waals surface area contributed by atoms with Gasteiger partial charge in [-0.05, 0) is 49.8 Å². The van der Waals surface area contributed by atoms with Gasteiger partial charge in [-0.2, -0.15) is 0 Å². The lowest BCUT2D eigenvalue weighted by Crippen LogP contribution is -2.44. The van der Waals surface area contributed by atoms with Gasteiger partial charge in [-0.15, -0.1) is 0 Å². The second-order valence-corrected chi connectivity index (χ2v) is 6.78. The first kappa shape index (κ1) is 16.8. The molecule has 2 heterocycles. The monoisotopic (exact) mass is 330 g/mol. The number of aromatic nitrogens is 1. The number of fused-ring (bicyclic) bond motifs is 1. The molecule has 1 aliphatic heterocycles. The Bertz CT molecular complexity index is 756. The molecule has 3 rings (SSSR count). The van der Waals surface area contributed by atoms with Gasteiger partial charge in [-0.25, -0.2) is 4.39 Å². The van der Waals surface area contributed by atoms with Crippen LogP contribution < -0.4 is 0 Å². The number of hydrogen-bond donors (Lipinski definition) is 1. The van der Waals surface area contributed by atoms with Crippen molar-refractivity contribution in [2.75, 3.05) is 19.7 Å². The summed E-state index contributed by atoms with van der Waals surface area (Å²) in [4.78, 5) is 19.1. The fourth-order valence-electron chi connectivity index (χ4n) is 3.49. The maximum absolute atomic E-state index is 13.5. The molecule has 0 bridgehead atoms. The second-order valence-electron chi connectivity index (χ2n) is 6.78. The van der Waals surface area contributed by atoms with Crippen LogP contribution in [0.5, 0.6) is 0 Å². The number of amides is 1. The van der Waals surface area contributed by atoms with Gasteiger partial charge in [0.2, 0.25) is 0 Å². The van der Waals surface area contributed by atoms with E-state index in [0.29, 0.717) is 35.2 Å². The third kappa shape index (κ3) is 3.00. The largest absolute Gasteiger partial charge is 0.396 e. The molecule has 1 amide bonds. The minimum absolute atomic E-state index is 0.0419. The Morgan fingerprint density at radius 3 is 2.67 bits per heavy atom. The van der Waals surface area contributed by atoms with Crippen LogP contribution in [0.4, 0.5) is 4.39 Å². The van der Waals surface area contributed by atoms with Gasteiger partial charge in [0.15, 0.2) is 0 Å². The van der Waals surface area contributed by atoms with E-state index in [1.807, 2.05) is 11.8 Å². The van der Waals surface area contributed by atoms with Gasteiger partial charge in [-0.3, -0.25) is 9.78 Å². The van der Waals surface area contributed by atoms with E-state index in [0.717, 1.165) is 19.3 Å². The summed E-state index contributed by atoms with van der Waals surface area (Å²) in [6, 6.07) is 6.12. The lowest BCUT2D eigenvalue weighted by atomic mass is 9.77. The topological polar surface area (TPSA) is 53.4 Å². The number of carbonyl (C=O) groups is 1. The van der Waals surface area contributed by atoms with E-state index in [1.165, 1.54) is 12.1 Å². The van der Waals surface area contributed by atoms with Crippen LogP contribution in [-0.4, -0.2) is 40.6 Å². The van der Waals surface area contributed by atoms with Crippen LogP contribution >= 0.6 is 0 Å². The van der Waals surface area contributed by atoms with E-state index in [9.17, 15) is 14.3 Å². The molecular weight excluding hydrogens is 307 g/mol. The van der Waals surface area contributed by atoms with E-state index in [1.54, 1.807) is 12.1 Å². The highest BCUT2D eigenvalue weighted by atomic mass is 19.1. The Morgan fingerprint density at radius 2 is 2.04 bits per heavy atom. The van der Waals surface area contributed by atoms with Crippen molar-refractivity contribution >= 4 is 16.8 Å². The van der Waals surface area contributed by atoms with Gasteiger partial charge in [0.25, 0.3) is 5.91 Å². The number of carbonyl (C=O) groups excluding carboxylic acids is 1. The van der Waals surface area contributed by atoms with Crippen LogP contribution in [0.2, 0.25) is 0 Å². The van der Waals surface area contributed by atoms with Crippen LogP contribution in [0.15, 0.2) is 24.3 Å². The van der Waals surface area contributed by atoms with Crippen molar-refractivity contribution in [1.29, 1.82) is 0 Å². The molecule has 24 heavy (non-hydrogen) atoms. The Kier molecular flexibility index (Phi) is 4.54. The first-order valence-corrected chi connectivity index (χ1v) is 8.45. The Balaban J connectivity index is 1.90. The van der Waals surface area contributed by atoms with E-state index >= 15 is 0 Å². The van der Waals surface area contributed by atoms with Crippen molar-refractivity contribution in [3.05, 3.63) is 41.3 Å². The highest BCUT2D eigenvalue weighted by Crippen LogP contribution is 2.35.